The van der Waals surface area contributed by atoms with E-state index in [4.69, 9.17) is 14.5 Å². The lowest BCUT2D eigenvalue weighted by atomic mass is 9.78. The molecule has 0 bridgehead atoms. The Balaban J connectivity index is 1.60. The fraction of sp³-hybridized carbons (Fsp3) is 0.385. The van der Waals surface area contributed by atoms with Crippen molar-refractivity contribution in [3.63, 3.8) is 0 Å². The van der Waals surface area contributed by atoms with Crippen LogP contribution in [0, 0.1) is 6.92 Å². The van der Waals surface area contributed by atoms with Gasteiger partial charge < -0.3 is 19.7 Å². The highest BCUT2D eigenvalue weighted by atomic mass is 16.5. The van der Waals surface area contributed by atoms with Crippen LogP contribution in [0.5, 0.6) is 11.5 Å². The van der Waals surface area contributed by atoms with Gasteiger partial charge in [-0.25, -0.2) is 9.97 Å². The van der Waals surface area contributed by atoms with Gasteiger partial charge >= 0.3 is 0 Å². The molecule has 1 aromatic carbocycles. The Morgan fingerprint density at radius 1 is 1.21 bits per heavy atom. The molecule has 4 rings (SSSR count). The normalized spacial score (nSPS) is 17.8. The fourth-order valence-electron chi connectivity index (χ4n) is 4.42. The number of hydrogen-bond acceptors (Lipinski definition) is 7. The summed E-state index contributed by atoms with van der Waals surface area (Å²) < 4.78 is 11.6. The van der Waals surface area contributed by atoms with Crippen LogP contribution < -0.4 is 14.8 Å². The summed E-state index contributed by atoms with van der Waals surface area (Å²) in [6.45, 7) is 5.53. The number of anilines is 1. The molecule has 3 heterocycles. The molecule has 8 nitrogen and oxygen atoms in total. The van der Waals surface area contributed by atoms with Crippen LogP contribution in [0.3, 0.4) is 0 Å². The minimum absolute atomic E-state index is 0.0829. The molecular formula is C26H31N5O3. The monoisotopic (exact) mass is 461 g/mol. The Morgan fingerprint density at radius 3 is 2.79 bits per heavy atom. The lowest BCUT2D eigenvalue weighted by molar-refractivity contribution is 0.0642. The second-order valence-corrected chi connectivity index (χ2v) is 8.77. The van der Waals surface area contributed by atoms with Crippen molar-refractivity contribution in [2.75, 3.05) is 32.6 Å². The summed E-state index contributed by atoms with van der Waals surface area (Å²) in [5.41, 5.74) is 1.92. The first-order valence-corrected chi connectivity index (χ1v) is 11.5. The van der Waals surface area contributed by atoms with Crippen molar-refractivity contribution in [1.82, 2.24) is 19.9 Å². The lowest BCUT2D eigenvalue weighted by Crippen LogP contribution is -2.47. The first-order valence-electron chi connectivity index (χ1n) is 11.5. The van der Waals surface area contributed by atoms with Crippen molar-refractivity contribution in [2.24, 2.45) is 0 Å². The molecule has 3 aromatic rings. The van der Waals surface area contributed by atoms with Crippen molar-refractivity contribution in [1.29, 1.82) is 0 Å². The maximum atomic E-state index is 13.7. The SMILES string of the molecule is CNc1cc([C@@]2(C)CCCN(C(=O)c3cccc(OC)c3OCc3ccccn3)C2)nc(C)n1. The molecule has 0 aliphatic carbocycles. The summed E-state index contributed by atoms with van der Waals surface area (Å²) in [5, 5.41) is 3.10. The van der Waals surface area contributed by atoms with E-state index in [-0.39, 0.29) is 17.9 Å². The van der Waals surface area contributed by atoms with Gasteiger partial charge in [0.25, 0.3) is 5.91 Å². The van der Waals surface area contributed by atoms with Crippen molar-refractivity contribution in [3.8, 4) is 11.5 Å². The van der Waals surface area contributed by atoms with Gasteiger partial charge in [-0.2, -0.15) is 0 Å². The maximum Gasteiger partial charge on any atom is 0.257 e. The molecule has 0 spiro atoms. The molecule has 1 N–H and O–H groups in total. The number of hydrogen-bond donors (Lipinski definition) is 1. The Morgan fingerprint density at radius 2 is 2.06 bits per heavy atom. The molecule has 2 aromatic heterocycles. The van der Waals surface area contributed by atoms with Gasteiger partial charge in [0.1, 0.15) is 18.2 Å². The van der Waals surface area contributed by atoms with Crippen molar-refractivity contribution in [2.45, 2.75) is 38.7 Å². The number of ether oxygens (including phenoxy) is 2. The first-order chi connectivity index (χ1) is 16.4. The van der Waals surface area contributed by atoms with Crippen LogP contribution in [0.15, 0.2) is 48.7 Å². The minimum atomic E-state index is -0.277. The molecule has 1 atom stereocenters. The molecule has 0 saturated carbocycles. The van der Waals surface area contributed by atoms with Crippen LogP contribution in [0.2, 0.25) is 0 Å². The summed E-state index contributed by atoms with van der Waals surface area (Å²) in [6.07, 6.45) is 3.54. The van der Waals surface area contributed by atoms with E-state index in [2.05, 4.69) is 22.2 Å². The summed E-state index contributed by atoms with van der Waals surface area (Å²) in [4.78, 5) is 29.1. The number of nitrogens with one attached hydrogen (secondary N) is 1. The molecule has 34 heavy (non-hydrogen) atoms. The number of benzene rings is 1. The first kappa shape index (κ1) is 23.5. The molecule has 8 heteroatoms. The van der Waals surface area contributed by atoms with Gasteiger partial charge in [0.15, 0.2) is 11.5 Å². The summed E-state index contributed by atoms with van der Waals surface area (Å²) in [7, 11) is 3.42. The van der Waals surface area contributed by atoms with Gasteiger partial charge in [-0.15, -0.1) is 0 Å². The third-order valence-corrected chi connectivity index (χ3v) is 6.22. The molecule has 1 aliphatic heterocycles. The van der Waals surface area contributed by atoms with Gasteiger partial charge in [0.2, 0.25) is 0 Å². The van der Waals surface area contributed by atoms with Crippen LogP contribution in [0.1, 0.15) is 47.3 Å². The second-order valence-electron chi connectivity index (χ2n) is 8.77. The van der Waals surface area contributed by atoms with Crippen LogP contribution >= 0.6 is 0 Å². The standard InChI is InChI=1S/C26H31N5O3/c1-18-29-22(15-23(27-3)30-18)26(2)12-8-14-31(17-26)25(32)20-10-7-11-21(33-4)24(20)34-16-19-9-5-6-13-28-19/h5-7,9-11,13,15H,8,12,14,16-17H2,1-4H3,(H,27,29,30)/t26-/m0/s1. The highest BCUT2D eigenvalue weighted by Gasteiger charge is 2.37. The van der Waals surface area contributed by atoms with Crippen LogP contribution in [0.25, 0.3) is 0 Å². The van der Waals surface area contributed by atoms with Crippen LogP contribution in [-0.2, 0) is 12.0 Å². The second kappa shape index (κ2) is 10.1. The van der Waals surface area contributed by atoms with E-state index in [1.807, 2.05) is 49.2 Å². The quantitative estimate of drug-likeness (QED) is 0.569. The number of methoxy groups -OCH3 is 1. The number of carbonyl (C=O) groups excluding carboxylic acids is 1. The van der Waals surface area contributed by atoms with E-state index in [1.54, 1.807) is 25.4 Å². The van der Waals surface area contributed by atoms with Crippen molar-refractivity contribution >= 4 is 11.7 Å². The van der Waals surface area contributed by atoms with E-state index < -0.39 is 0 Å². The number of nitrogens with zero attached hydrogens (tertiary/aromatic N) is 4. The predicted molar refractivity (Wildman–Crippen MR) is 130 cm³/mol. The van der Waals surface area contributed by atoms with Crippen molar-refractivity contribution in [3.05, 3.63) is 71.4 Å². The predicted octanol–water partition coefficient (Wildman–Crippen LogP) is 4.00. The van der Waals surface area contributed by atoms with Gasteiger partial charge in [0.05, 0.1) is 24.1 Å². The number of aryl methyl sites for hydroxylation is 1. The number of rotatable bonds is 7. The molecule has 1 saturated heterocycles. The Kier molecular flexibility index (Phi) is 6.95. The largest absolute Gasteiger partial charge is 0.493 e. The minimum Gasteiger partial charge on any atom is -0.493 e. The number of likely N-dealkylation sites (tertiary alicyclic amines) is 1. The molecule has 178 valence electrons. The number of aromatic nitrogens is 3. The van der Waals surface area contributed by atoms with Gasteiger partial charge in [0, 0.05) is 37.8 Å². The van der Waals surface area contributed by atoms with Crippen molar-refractivity contribution < 1.29 is 14.3 Å². The summed E-state index contributed by atoms with van der Waals surface area (Å²) >= 11 is 0. The molecular weight excluding hydrogens is 430 g/mol. The van der Waals surface area contributed by atoms with E-state index in [0.717, 1.165) is 30.0 Å². The number of para-hydroxylation sites is 1. The highest BCUT2D eigenvalue weighted by Crippen LogP contribution is 2.37. The smallest absolute Gasteiger partial charge is 0.257 e. The average Bonchev–Trinajstić information content (AvgIpc) is 2.87. The van der Waals surface area contributed by atoms with E-state index >= 15 is 0 Å². The van der Waals surface area contributed by atoms with Gasteiger partial charge in [-0.05, 0) is 44.0 Å². The Hall–Kier alpha value is -3.68. The highest BCUT2D eigenvalue weighted by molar-refractivity contribution is 5.98. The molecule has 1 fully saturated rings. The van der Waals surface area contributed by atoms with E-state index in [0.29, 0.717) is 36.0 Å². The maximum absolute atomic E-state index is 13.7. The molecule has 0 unspecified atom stereocenters. The Labute approximate surface area is 200 Å². The van der Waals surface area contributed by atoms with Gasteiger partial charge in [-0.1, -0.05) is 19.1 Å². The number of pyridine rings is 1. The zero-order valence-electron chi connectivity index (χ0n) is 20.2. The third kappa shape index (κ3) is 4.95. The number of piperidine rings is 1. The zero-order valence-corrected chi connectivity index (χ0v) is 20.2. The fourth-order valence-corrected chi connectivity index (χ4v) is 4.42. The van der Waals surface area contributed by atoms with E-state index in [9.17, 15) is 4.79 Å². The average molecular weight is 462 g/mol. The summed E-state index contributed by atoms with van der Waals surface area (Å²) in [6, 6.07) is 13.0. The summed E-state index contributed by atoms with van der Waals surface area (Å²) in [5.74, 6) is 2.37. The molecule has 1 aliphatic rings. The van der Waals surface area contributed by atoms with Crippen LogP contribution in [-0.4, -0.2) is 53.0 Å². The zero-order chi connectivity index (χ0) is 24.1. The van der Waals surface area contributed by atoms with E-state index in [1.165, 1.54) is 0 Å². The van der Waals surface area contributed by atoms with Crippen LogP contribution in [0.4, 0.5) is 5.82 Å². The van der Waals surface area contributed by atoms with Gasteiger partial charge in [-0.3, -0.25) is 9.78 Å². The topological polar surface area (TPSA) is 89.5 Å². The number of amides is 1. The number of carbonyl (C=O) groups is 1. The third-order valence-electron chi connectivity index (χ3n) is 6.22. The molecule has 0 radical (unpaired) electrons. The molecule has 1 amide bonds. The Bertz CT molecular complexity index is 1150. The lowest BCUT2D eigenvalue weighted by Gasteiger charge is -2.40.